The summed E-state index contributed by atoms with van der Waals surface area (Å²) in [5.41, 5.74) is 0.992. The predicted octanol–water partition coefficient (Wildman–Crippen LogP) is 2.86. The first-order valence-corrected chi connectivity index (χ1v) is 10.3. The summed E-state index contributed by atoms with van der Waals surface area (Å²) in [6.45, 7) is 3.73. The Morgan fingerprint density at radius 2 is 1.71 bits per heavy atom. The summed E-state index contributed by atoms with van der Waals surface area (Å²) >= 11 is 0. The summed E-state index contributed by atoms with van der Waals surface area (Å²) in [5.74, 6) is -0.171. The van der Waals surface area contributed by atoms with Crippen LogP contribution in [0.2, 0.25) is 0 Å². The first-order chi connectivity index (χ1) is 13.5. The Hall–Kier alpha value is -2.31. The topological polar surface area (TPSA) is 91.1 Å². The molecule has 28 heavy (non-hydrogen) atoms. The Morgan fingerprint density at radius 3 is 2.36 bits per heavy atom. The number of carboxylic acid groups (broad SMARTS) is 1. The van der Waals surface area contributed by atoms with E-state index in [1.165, 1.54) is 38.4 Å². The largest absolute Gasteiger partial charge is 0.481 e. The highest BCUT2D eigenvalue weighted by Crippen LogP contribution is 2.27. The van der Waals surface area contributed by atoms with Crippen molar-refractivity contribution >= 4 is 17.8 Å². The highest BCUT2D eigenvalue weighted by molar-refractivity contribution is 5.97. The quantitative estimate of drug-likeness (QED) is 0.806. The van der Waals surface area contributed by atoms with Crippen LogP contribution in [0.25, 0.3) is 0 Å². The molecule has 3 rings (SSSR count). The molecule has 1 aromatic heterocycles. The average molecular weight is 390 g/mol. The molecule has 1 N–H and O–H groups in total. The summed E-state index contributed by atoms with van der Waals surface area (Å²) in [5, 5.41) is 9.00. The van der Waals surface area contributed by atoms with E-state index in [1.807, 2.05) is 4.90 Å². The number of rotatable bonds is 6. The summed E-state index contributed by atoms with van der Waals surface area (Å²) in [6.07, 6.45) is 9.09. The minimum Gasteiger partial charge on any atom is -0.481 e. The molecule has 154 valence electrons. The van der Waals surface area contributed by atoms with Gasteiger partial charge in [-0.3, -0.25) is 14.4 Å². The summed E-state index contributed by atoms with van der Waals surface area (Å²) in [7, 11) is 0. The van der Waals surface area contributed by atoms with Crippen LogP contribution in [-0.2, 0) is 16.0 Å². The number of amides is 2. The lowest BCUT2D eigenvalue weighted by molar-refractivity contribution is -0.136. The molecule has 0 bridgehead atoms. The minimum absolute atomic E-state index is 0.184. The van der Waals surface area contributed by atoms with Crippen LogP contribution in [0.4, 0.5) is 0 Å². The van der Waals surface area contributed by atoms with Crippen molar-refractivity contribution in [2.75, 3.05) is 26.2 Å². The molecule has 1 saturated carbocycles. The molecular formula is C21H30N2O5. The molecule has 2 aliphatic rings. The van der Waals surface area contributed by atoms with Gasteiger partial charge in [0.1, 0.15) is 12.2 Å². The molecule has 0 aromatic carbocycles. The fourth-order valence-corrected chi connectivity index (χ4v) is 4.33. The van der Waals surface area contributed by atoms with Crippen LogP contribution in [0.1, 0.15) is 66.6 Å². The lowest BCUT2D eigenvalue weighted by Gasteiger charge is -2.35. The second-order valence-electron chi connectivity index (χ2n) is 8.00. The first-order valence-electron chi connectivity index (χ1n) is 10.3. The van der Waals surface area contributed by atoms with Crippen LogP contribution in [0.15, 0.2) is 10.7 Å². The van der Waals surface area contributed by atoms with Gasteiger partial charge in [-0.2, -0.15) is 0 Å². The Bertz CT molecular complexity index is 712. The van der Waals surface area contributed by atoms with Gasteiger partial charge in [-0.25, -0.2) is 0 Å². The minimum atomic E-state index is -1.03. The lowest BCUT2D eigenvalue weighted by Crippen LogP contribution is -2.50. The van der Waals surface area contributed by atoms with Gasteiger partial charge < -0.3 is 19.3 Å². The van der Waals surface area contributed by atoms with Crippen LogP contribution in [0.5, 0.6) is 0 Å². The van der Waals surface area contributed by atoms with Gasteiger partial charge in [-0.05, 0) is 19.3 Å². The van der Waals surface area contributed by atoms with Gasteiger partial charge in [0.25, 0.3) is 5.91 Å². The Labute approximate surface area is 165 Å². The zero-order chi connectivity index (χ0) is 20.1. The Kier molecular flexibility index (Phi) is 6.75. The molecule has 2 amide bonds. The van der Waals surface area contributed by atoms with Crippen LogP contribution in [0, 0.1) is 12.8 Å². The predicted molar refractivity (Wildman–Crippen MR) is 103 cm³/mol. The van der Waals surface area contributed by atoms with E-state index in [0.29, 0.717) is 49.6 Å². The molecule has 0 radical (unpaired) electrons. The van der Waals surface area contributed by atoms with E-state index in [1.54, 1.807) is 11.8 Å². The molecular weight excluding hydrogens is 360 g/mol. The molecule has 0 spiro atoms. The molecule has 1 aromatic rings. The summed E-state index contributed by atoms with van der Waals surface area (Å²) in [6, 6.07) is 0. The Balaban J connectivity index is 1.51. The maximum absolute atomic E-state index is 12.9. The van der Waals surface area contributed by atoms with Crippen molar-refractivity contribution < 1.29 is 23.9 Å². The number of carbonyl (C=O) groups excluding carboxylic acids is 2. The molecule has 7 heteroatoms. The number of hydrogen-bond acceptors (Lipinski definition) is 4. The zero-order valence-electron chi connectivity index (χ0n) is 16.6. The zero-order valence-corrected chi connectivity index (χ0v) is 16.6. The summed E-state index contributed by atoms with van der Waals surface area (Å²) < 4.78 is 5.27. The monoisotopic (exact) mass is 390 g/mol. The normalized spacial score (nSPS) is 18.3. The number of aliphatic carboxylic acids is 1. The average Bonchev–Trinajstić information content (AvgIpc) is 3.06. The summed E-state index contributed by atoms with van der Waals surface area (Å²) in [4.78, 5) is 39.9. The van der Waals surface area contributed by atoms with Crippen molar-refractivity contribution in [3.8, 4) is 0 Å². The van der Waals surface area contributed by atoms with Crippen LogP contribution < -0.4 is 0 Å². The van der Waals surface area contributed by atoms with Crippen molar-refractivity contribution in [1.82, 2.24) is 9.80 Å². The van der Waals surface area contributed by atoms with Crippen molar-refractivity contribution in [1.29, 1.82) is 0 Å². The van der Waals surface area contributed by atoms with Crippen LogP contribution in [-0.4, -0.2) is 58.9 Å². The number of carbonyl (C=O) groups is 3. The smallest absolute Gasteiger partial charge is 0.311 e. The highest BCUT2D eigenvalue weighted by Gasteiger charge is 2.29. The number of aryl methyl sites for hydroxylation is 1. The lowest BCUT2D eigenvalue weighted by atomic mass is 9.86. The standard InChI is InChI=1S/C21H30N2O5/c1-15-14-28-17(13-19(25)26)20(15)21(27)23-11-9-22(10-12-23)18(24)8-7-16-5-3-2-4-6-16/h14,16H,2-13H2,1H3,(H,25,26). The molecule has 0 unspecified atom stereocenters. The molecule has 7 nitrogen and oxygen atoms in total. The molecule has 2 fully saturated rings. The SMILES string of the molecule is Cc1coc(CC(=O)O)c1C(=O)N1CCN(C(=O)CCC2CCCCC2)CC1. The van der Waals surface area contributed by atoms with Gasteiger partial charge >= 0.3 is 5.97 Å². The van der Waals surface area contributed by atoms with E-state index in [2.05, 4.69) is 0 Å². The van der Waals surface area contributed by atoms with E-state index in [9.17, 15) is 14.4 Å². The number of nitrogens with zero attached hydrogens (tertiary/aromatic N) is 2. The number of hydrogen-bond donors (Lipinski definition) is 1. The second kappa shape index (κ2) is 9.26. The maximum atomic E-state index is 12.9. The fourth-order valence-electron chi connectivity index (χ4n) is 4.33. The Morgan fingerprint density at radius 1 is 1.07 bits per heavy atom. The van der Waals surface area contributed by atoms with Gasteiger partial charge in [0.15, 0.2) is 0 Å². The number of piperazine rings is 1. The van der Waals surface area contributed by atoms with E-state index in [0.717, 1.165) is 6.42 Å². The molecule has 1 saturated heterocycles. The third kappa shape index (κ3) is 4.94. The van der Waals surface area contributed by atoms with Gasteiger partial charge in [-0.1, -0.05) is 32.1 Å². The first kappa shape index (κ1) is 20.4. The molecule has 0 atom stereocenters. The van der Waals surface area contributed by atoms with Crippen molar-refractivity contribution in [2.45, 2.75) is 58.3 Å². The van der Waals surface area contributed by atoms with Gasteiger partial charge in [0, 0.05) is 38.2 Å². The third-order valence-corrected chi connectivity index (χ3v) is 5.99. The highest BCUT2D eigenvalue weighted by atomic mass is 16.4. The second-order valence-corrected chi connectivity index (χ2v) is 8.00. The van der Waals surface area contributed by atoms with Crippen LogP contribution >= 0.6 is 0 Å². The van der Waals surface area contributed by atoms with E-state index >= 15 is 0 Å². The van der Waals surface area contributed by atoms with Crippen LogP contribution in [0.3, 0.4) is 0 Å². The van der Waals surface area contributed by atoms with E-state index < -0.39 is 5.97 Å². The molecule has 2 heterocycles. The van der Waals surface area contributed by atoms with Crippen molar-refractivity contribution in [3.63, 3.8) is 0 Å². The van der Waals surface area contributed by atoms with E-state index in [-0.39, 0.29) is 24.0 Å². The van der Waals surface area contributed by atoms with Crippen molar-refractivity contribution in [3.05, 3.63) is 23.2 Å². The van der Waals surface area contributed by atoms with Crippen molar-refractivity contribution in [2.24, 2.45) is 5.92 Å². The maximum Gasteiger partial charge on any atom is 0.311 e. The van der Waals surface area contributed by atoms with Gasteiger partial charge in [0.2, 0.25) is 5.91 Å². The molecule has 1 aliphatic carbocycles. The molecule has 1 aliphatic heterocycles. The fraction of sp³-hybridized carbons (Fsp3) is 0.667. The van der Waals surface area contributed by atoms with Gasteiger partial charge in [-0.15, -0.1) is 0 Å². The number of furan rings is 1. The van der Waals surface area contributed by atoms with Gasteiger partial charge in [0.05, 0.1) is 11.8 Å². The van der Waals surface area contributed by atoms with E-state index in [4.69, 9.17) is 9.52 Å². The number of carboxylic acids is 1. The third-order valence-electron chi connectivity index (χ3n) is 5.99.